The van der Waals surface area contributed by atoms with Gasteiger partial charge >= 0.3 is 5.97 Å². The van der Waals surface area contributed by atoms with E-state index in [2.05, 4.69) is 10.2 Å². The van der Waals surface area contributed by atoms with Crippen molar-refractivity contribution in [2.24, 2.45) is 0 Å². The SMILES string of the molecule is CCC(C(=O)O)N(C)C(=O)c1cn[nH]c1C. The van der Waals surface area contributed by atoms with Gasteiger partial charge in [0.2, 0.25) is 0 Å². The molecule has 1 rings (SSSR count). The van der Waals surface area contributed by atoms with Gasteiger partial charge in [0.1, 0.15) is 6.04 Å². The van der Waals surface area contributed by atoms with E-state index in [1.165, 1.54) is 18.1 Å². The zero-order valence-electron chi connectivity index (χ0n) is 9.52. The molecule has 0 aliphatic carbocycles. The maximum atomic E-state index is 11.9. The van der Waals surface area contributed by atoms with Gasteiger partial charge in [-0.2, -0.15) is 5.10 Å². The summed E-state index contributed by atoms with van der Waals surface area (Å²) >= 11 is 0. The molecule has 0 bridgehead atoms. The summed E-state index contributed by atoms with van der Waals surface area (Å²) in [5.41, 5.74) is 1.04. The van der Waals surface area contributed by atoms with Gasteiger partial charge in [-0.25, -0.2) is 4.79 Å². The maximum Gasteiger partial charge on any atom is 0.326 e. The molecule has 1 amide bonds. The van der Waals surface area contributed by atoms with Crippen LogP contribution >= 0.6 is 0 Å². The Hall–Kier alpha value is -1.85. The standard InChI is InChI=1S/C10H15N3O3/c1-4-8(10(15)16)13(3)9(14)7-5-11-12-6(7)2/h5,8H,4H2,1-3H3,(H,11,12)(H,15,16). The zero-order valence-corrected chi connectivity index (χ0v) is 9.52. The fraction of sp³-hybridized carbons (Fsp3) is 0.500. The first-order valence-electron chi connectivity index (χ1n) is 4.99. The Morgan fingerprint density at radius 3 is 2.62 bits per heavy atom. The number of aryl methyl sites for hydroxylation is 1. The summed E-state index contributed by atoms with van der Waals surface area (Å²) in [6.07, 6.45) is 1.78. The van der Waals surface area contributed by atoms with E-state index in [0.29, 0.717) is 17.7 Å². The highest BCUT2D eigenvalue weighted by Crippen LogP contribution is 2.10. The molecule has 0 aliphatic rings. The molecular formula is C10H15N3O3. The van der Waals surface area contributed by atoms with Gasteiger partial charge in [0.05, 0.1) is 11.8 Å². The Bertz CT molecular complexity index is 400. The number of H-pyrrole nitrogens is 1. The summed E-state index contributed by atoms with van der Waals surface area (Å²) in [7, 11) is 1.48. The predicted octanol–water partition coefficient (Wildman–Crippen LogP) is 0.653. The fourth-order valence-corrected chi connectivity index (χ4v) is 1.51. The Morgan fingerprint density at radius 2 is 2.25 bits per heavy atom. The molecule has 6 heteroatoms. The van der Waals surface area contributed by atoms with Crippen molar-refractivity contribution in [3.05, 3.63) is 17.5 Å². The van der Waals surface area contributed by atoms with Crippen molar-refractivity contribution in [3.63, 3.8) is 0 Å². The number of likely N-dealkylation sites (N-methyl/N-ethyl adjacent to an activating group) is 1. The number of aromatic amines is 1. The highest BCUT2D eigenvalue weighted by atomic mass is 16.4. The number of rotatable bonds is 4. The molecule has 6 nitrogen and oxygen atoms in total. The van der Waals surface area contributed by atoms with Gasteiger partial charge in [-0.1, -0.05) is 6.92 Å². The van der Waals surface area contributed by atoms with Crippen molar-refractivity contribution in [2.45, 2.75) is 26.3 Å². The second-order valence-electron chi connectivity index (χ2n) is 3.59. The molecule has 0 fully saturated rings. The minimum absolute atomic E-state index is 0.333. The van der Waals surface area contributed by atoms with Crippen molar-refractivity contribution < 1.29 is 14.7 Å². The number of amides is 1. The van der Waals surface area contributed by atoms with E-state index in [1.54, 1.807) is 13.8 Å². The van der Waals surface area contributed by atoms with Crippen LogP contribution in [-0.2, 0) is 4.79 Å². The maximum absolute atomic E-state index is 11.9. The van der Waals surface area contributed by atoms with Gasteiger partial charge in [0, 0.05) is 12.7 Å². The molecule has 0 spiro atoms. The molecule has 1 aromatic rings. The Kier molecular flexibility index (Phi) is 3.65. The number of carboxylic acids is 1. The van der Waals surface area contributed by atoms with E-state index in [0.717, 1.165) is 0 Å². The normalized spacial score (nSPS) is 12.2. The smallest absolute Gasteiger partial charge is 0.326 e. The number of nitrogens with one attached hydrogen (secondary N) is 1. The van der Waals surface area contributed by atoms with Gasteiger partial charge in [-0.3, -0.25) is 9.89 Å². The number of carbonyl (C=O) groups excluding carboxylic acids is 1. The highest BCUT2D eigenvalue weighted by molar-refractivity contribution is 5.97. The molecule has 1 aromatic heterocycles. The van der Waals surface area contributed by atoms with Crippen LogP contribution in [0.3, 0.4) is 0 Å². The minimum atomic E-state index is -1.00. The number of carbonyl (C=O) groups is 2. The molecule has 16 heavy (non-hydrogen) atoms. The van der Waals surface area contributed by atoms with Crippen molar-refractivity contribution in [1.29, 1.82) is 0 Å². The number of aromatic nitrogens is 2. The van der Waals surface area contributed by atoms with E-state index < -0.39 is 12.0 Å². The lowest BCUT2D eigenvalue weighted by molar-refractivity contribution is -0.142. The monoisotopic (exact) mass is 225 g/mol. The molecule has 88 valence electrons. The van der Waals surface area contributed by atoms with Gasteiger partial charge in [-0.15, -0.1) is 0 Å². The summed E-state index contributed by atoms with van der Waals surface area (Å²) < 4.78 is 0. The molecule has 0 saturated carbocycles. The van der Waals surface area contributed by atoms with Gasteiger partial charge in [0.25, 0.3) is 5.91 Å². The van der Waals surface area contributed by atoms with E-state index in [9.17, 15) is 9.59 Å². The van der Waals surface area contributed by atoms with Gasteiger partial charge in [-0.05, 0) is 13.3 Å². The first-order chi connectivity index (χ1) is 7.49. The lowest BCUT2D eigenvalue weighted by atomic mass is 10.1. The largest absolute Gasteiger partial charge is 0.480 e. The third kappa shape index (κ3) is 2.21. The van der Waals surface area contributed by atoms with Crippen molar-refractivity contribution >= 4 is 11.9 Å². The topological polar surface area (TPSA) is 86.3 Å². The van der Waals surface area contributed by atoms with Crippen molar-refractivity contribution in [2.75, 3.05) is 7.05 Å². The number of nitrogens with zero attached hydrogens (tertiary/aromatic N) is 2. The van der Waals surface area contributed by atoms with Gasteiger partial charge < -0.3 is 10.0 Å². The summed E-state index contributed by atoms with van der Waals surface area (Å²) in [6.45, 7) is 3.45. The third-order valence-electron chi connectivity index (χ3n) is 2.52. The molecule has 1 atom stereocenters. The second kappa shape index (κ2) is 4.78. The third-order valence-corrected chi connectivity index (χ3v) is 2.52. The van der Waals surface area contributed by atoms with E-state index in [4.69, 9.17) is 5.11 Å². The van der Waals surface area contributed by atoms with Crippen LogP contribution in [0.4, 0.5) is 0 Å². The molecule has 0 radical (unpaired) electrons. The van der Waals surface area contributed by atoms with Crippen LogP contribution in [0.1, 0.15) is 29.4 Å². The number of hydrogen-bond acceptors (Lipinski definition) is 3. The van der Waals surface area contributed by atoms with Crippen molar-refractivity contribution in [1.82, 2.24) is 15.1 Å². The average molecular weight is 225 g/mol. The van der Waals surface area contributed by atoms with Crippen LogP contribution in [-0.4, -0.2) is 45.2 Å². The molecule has 0 aromatic carbocycles. The summed E-state index contributed by atoms with van der Waals surface area (Å²) in [4.78, 5) is 24.1. The van der Waals surface area contributed by atoms with E-state index >= 15 is 0 Å². The number of carboxylic acid groups (broad SMARTS) is 1. The first-order valence-corrected chi connectivity index (χ1v) is 4.99. The molecule has 2 N–H and O–H groups in total. The van der Waals surface area contributed by atoms with Crippen molar-refractivity contribution in [3.8, 4) is 0 Å². The van der Waals surface area contributed by atoms with Crippen LogP contribution in [0.25, 0.3) is 0 Å². The summed E-state index contributed by atoms with van der Waals surface area (Å²) in [5, 5.41) is 15.3. The minimum Gasteiger partial charge on any atom is -0.480 e. The summed E-state index contributed by atoms with van der Waals surface area (Å²) in [5.74, 6) is -1.33. The fourth-order valence-electron chi connectivity index (χ4n) is 1.51. The first kappa shape index (κ1) is 12.2. The Morgan fingerprint density at radius 1 is 1.62 bits per heavy atom. The number of hydrogen-bond donors (Lipinski definition) is 2. The quantitative estimate of drug-likeness (QED) is 0.787. The predicted molar refractivity (Wildman–Crippen MR) is 57.1 cm³/mol. The lowest BCUT2D eigenvalue weighted by Gasteiger charge is -2.23. The molecule has 0 saturated heterocycles. The van der Waals surface area contributed by atoms with Crippen LogP contribution < -0.4 is 0 Å². The number of aliphatic carboxylic acids is 1. The van der Waals surface area contributed by atoms with Crippen LogP contribution in [0.5, 0.6) is 0 Å². The van der Waals surface area contributed by atoms with Gasteiger partial charge in [0.15, 0.2) is 0 Å². The lowest BCUT2D eigenvalue weighted by Crippen LogP contribution is -2.42. The van der Waals surface area contributed by atoms with Crippen LogP contribution in [0.15, 0.2) is 6.20 Å². The summed E-state index contributed by atoms with van der Waals surface area (Å²) in [6, 6.07) is -0.804. The molecule has 0 aliphatic heterocycles. The highest BCUT2D eigenvalue weighted by Gasteiger charge is 2.26. The molecule has 1 unspecified atom stereocenters. The second-order valence-corrected chi connectivity index (χ2v) is 3.59. The van der Waals surface area contributed by atoms with E-state index in [1.807, 2.05) is 0 Å². The van der Waals surface area contributed by atoms with Crippen LogP contribution in [0.2, 0.25) is 0 Å². The van der Waals surface area contributed by atoms with Crippen LogP contribution in [0, 0.1) is 6.92 Å². The Labute approximate surface area is 93.3 Å². The molecule has 1 heterocycles. The average Bonchev–Trinajstić information content (AvgIpc) is 2.63. The zero-order chi connectivity index (χ0) is 12.3. The molecular weight excluding hydrogens is 210 g/mol. The van der Waals surface area contributed by atoms with E-state index in [-0.39, 0.29) is 5.91 Å². The Balaban J connectivity index is 2.90.